The first-order chi connectivity index (χ1) is 27.3. The zero-order valence-corrected chi connectivity index (χ0v) is 33.6. The lowest BCUT2D eigenvalue weighted by molar-refractivity contribution is 0.741. The van der Waals surface area contributed by atoms with Crippen LogP contribution >= 0.6 is 0 Å². The highest BCUT2D eigenvalue weighted by Crippen LogP contribution is 2.36. The number of benzene rings is 5. The van der Waals surface area contributed by atoms with Crippen LogP contribution in [0.2, 0.25) is 0 Å². The molecule has 1 aromatic heterocycles. The Morgan fingerprint density at radius 2 is 1.41 bits per heavy atom. The molecule has 1 unspecified atom stereocenters. The highest BCUT2D eigenvalue weighted by atomic mass is 15.0. The lowest BCUT2D eigenvalue weighted by atomic mass is 9.82. The van der Waals surface area contributed by atoms with E-state index >= 15 is 0 Å². The smallest absolute Gasteiger partial charge is 0.164 e. The molecule has 3 nitrogen and oxygen atoms in total. The summed E-state index contributed by atoms with van der Waals surface area (Å²) in [6.07, 6.45) is 17.1. The largest absolute Gasteiger partial charge is 0.208 e. The Labute approximate surface area is 332 Å². The average molecular weight is 730 g/mol. The van der Waals surface area contributed by atoms with E-state index in [1.807, 2.05) is 61.6 Å². The summed E-state index contributed by atoms with van der Waals surface area (Å²) in [6.45, 7) is 25.9. The van der Waals surface area contributed by atoms with Gasteiger partial charge >= 0.3 is 0 Å². The van der Waals surface area contributed by atoms with Crippen LogP contribution in [-0.4, -0.2) is 15.0 Å². The highest BCUT2D eigenvalue weighted by molar-refractivity contribution is 6.03. The molecule has 0 N–H and O–H groups in total. The average Bonchev–Trinajstić information content (AvgIpc) is 3.24. The summed E-state index contributed by atoms with van der Waals surface area (Å²) >= 11 is 0. The van der Waals surface area contributed by atoms with Gasteiger partial charge in [0, 0.05) is 16.7 Å². The Morgan fingerprint density at radius 3 is 2.02 bits per heavy atom. The molecule has 0 saturated carbocycles. The number of aromatic nitrogens is 3. The number of nitrogens with zero attached hydrogens (tertiary/aromatic N) is 3. The van der Waals surface area contributed by atoms with Crippen LogP contribution in [0, 0.1) is 0 Å². The molecule has 6 aromatic rings. The first-order valence-electron chi connectivity index (χ1n) is 19.5. The second kappa shape index (κ2) is 17.8. The quantitative estimate of drug-likeness (QED) is 0.125. The van der Waals surface area contributed by atoms with Crippen LogP contribution in [0.4, 0.5) is 0 Å². The van der Waals surface area contributed by atoms with Crippen molar-refractivity contribution < 1.29 is 0 Å². The van der Waals surface area contributed by atoms with Gasteiger partial charge in [0.1, 0.15) is 0 Å². The summed E-state index contributed by atoms with van der Waals surface area (Å²) in [5, 5.41) is 6.90. The minimum absolute atomic E-state index is 0.301. The maximum Gasteiger partial charge on any atom is 0.164 e. The van der Waals surface area contributed by atoms with Crippen LogP contribution in [0.3, 0.4) is 0 Å². The molecular formula is C53H51N3. The second-order valence-electron chi connectivity index (χ2n) is 13.9. The van der Waals surface area contributed by atoms with Crippen LogP contribution in [-0.2, 0) is 0 Å². The molecule has 0 bridgehead atoms. The van der Waals surface area contributed by atoms with Gasteiger partial charge in [-0.25, -0.2) is 15.0 Å². The van der Waals surface area contributed by atoms with Gasteiger partial charge in [-0.05, 0) is 111 Å². The van der Waals surface area contributed by atoms with Crippen molar-refractivity contribution in [3.63, 3.8) is 0 Å². The number of allylic oxidation sites excluding steroid dienone is 8. The number of rotatable bonds is 11. The van der Waals surface area contributed by atoms with E-state index in [4.69, 9.17) is 21.5 Å². The van der Waals surface area contributed by atoms with Crippen molar-refractivity contribution in [3.05, 3.63) is 185 Å². The van der Waals surface area contributed by atoms with Gasteiger partial charge < -0.3 is 0 Å². The van der Waals surface area contributed by atoms with E-state index in [0.29, 0.717) is 23.4 Å². The van der Waals surface area contributed by atoms with Gasteiger partial charge in [-0.3, -0.25) is 0 Å². The number of fused-ring (bicyclic) bond motifs is 1. The topological polar surface area (TPSA) is 38.7 Å². The minimum Gasteiger partial charge on any atom is -0.208 e. The molecule has 0 amide bonds. The lowest BCUT2D eigenvalue weighted by Crippen LogP contribution is -2.49. The zero-order chi connectivity index (χ0) is 39.8. The molecule has 0 spiro atoms. The fourth-order valence-electron chi connectivity index (χ4n) is 7.75. The van der Waals surface area contributed by atoms with Crippen LogP contribution in [0.1, 0.15) is 70.8 Å². The molecule has 0 radical (unpaired) electrons. The van der Waals surface area contributed by atoms with Crippen molar-refractivity contribution in [1.82, 2.24) is 15.0 Å². The maximum atomic E-state index is 5.04. The minimum atomic E-state index is 0.301. The first-order valence-corrected chi connectivity index (χ1v) is 19.5. The molecule has 56 heavy (non-hydrogen) atoms. The van der Waals surface area contributed by atoms with E-state index in [2.05, 4.69) is 133 Å². The van der Waals surface area contributed by atoms with Crippen LogP contribution in [0.25, 0.3) is 80.1 Å². The third-order valence-corrected chi connectivity index (χ3v) is 10.5. The van der Waals surface area contributed by atoms with Gasteiger partial charge in [0.05, 0.1) is 0 Å². The number of hydrogen-bond acceptors (Lipinski definition) is 3. The van der Waals surface area contributed by atoms with Crippen LogP contribution in [0.15, 0.2) is 147 Å². The van der Waals surface area contributed by atoms with E-state index in [0.717, 1.165) is 55.5 Å². The van der Waals surface area contributed by atoms with Gasteiger partial charge in [-0.15, -0.1) is 0 Å². The Kier molecular flexibility index (Phi) is 12.5. The molecule has 1 heterocycles. The van der Waals surface area contributed by atoms with E-state index in [1.165, 1.54) is 32.7 Å². The number of hydrogen-bond donors (Lipinski definition) is 0. The first kappa shape index (κ1) is 39.2. The molecule has 0 aliphatic carbocycles. The zero-order valence-electron chi connectivity index (χ0n) is 33.6. The Hall–Kier alpha value is -6.45. The maximum absolute atomic E-state index is 5.04. The fraction of sp³-hybridized carbons (Fsp3) is 0.151. The van der Waals surface area contributed by atoms with E-state index in [9.17, 15) is 0 Å². The van der Waals surface area contributed by atoms with Crippen molar-refractivity contribution in [3.8, 4) is 33.9 Å². The summed E-state index contributed by atoms with van der Waals surface area (Å²) in [5.74, 6) is 2.10. The summed E-state index contributed by atoms with van der Waals surface area (Å²) in [7, 11) is 0. The van der Waals surface area contributed by atoms with Gasteiger partial charge in [-0.2, -0.15) is 0 Å². The van der Waals surface area contributed by atoms with E-state index < -0.39 is 0 Å². The van der Waals surface area contributed by atoms with Crippen LogP contribution in [0.5, 0.6) is 0 Å². The predicted molar refractivity (Wildman–Crippen MR) is 243 cm³/mol. The third kappa shape index (κ3) is 7.72. The van der Waals surface area contributed by atoms with Crippen molar-refractivity contribution >= 4 is 46.2 Å². The molecule has 0 fully saturated rings. The summed E-state index contributed by atoms with van der Waals surface area (Å²) in [6, 6.07) is 34.0. The highest BCUT2D eigenvalue weighted by Gasteiger charge is 2.20. The standard InChI is InChI=1S/C53H51N3/c1-10-23-39(24-11-2)51-54-52(40-28-20-17-21-29-40)56-53(55-51)42-31-22-30-41(34-42)43(14-5)36(8)49-37(9)45(25-12-3)44(15-6)47-33-32-46(38-26-18-16-19-27-38)48(50(47)49)35(7)13-4/h10-12,14-35H,1,3,9,13H2,2,4-8H3/b24-11-,39-23+,43-14+,44-15+,45-25-,49-36+. The summed E-state index contributed by atoms with van der Waals surface area (Å²) in [4.78, 5) is 15.0. The third-order valence-electron chi connectivity index (χ3n) is 10.5. The normalized spacial score (nSPS) is 14.0. The van der Waals surface area contributed by atoms with E-state index in [-0.39, 0.29) is 0 Å². The molecular weight excluding hydrogens is 679 g/mol. The molecule has 6 rings (SSSR count). The Morgan fingerprint density at radius 1 is 0.750 bits per heavy atom. The van der Waals surface area contributed by atoms with Crippen molar-refractivity contribution in [2.45, 2.75) is 53.9 Å². The van der Waals surface area contributed by atoms with E-state index in [1.54, 1.807) is 6.08 Å². The molecule has 0 aliphatic rings. The second-order valence-corrected chi connectivity index (χ2v) is 13.9. The Balaban J connectivity index is 1.68. The fourth-order valence-corrected chi connectivity index (χ4v) is 7.75. The Bertz CT molecular complexity index is 2770. The molecule has 278 valence electrons. The molecule has 0 saturated heterocycles. The summed E-state index contributed by atoms with van der Waals surface area (Å²) in [5.41, 5.74) is 9.85. The van der Waals surface area contributed by atoms with Gasteiger partial charge in [0.15, 0.2) is 17.5 Å². The van der Waals surface area contributed by atoms with Crippen molar-refractivity contribution in [1.29, 1.82) is 0 Å². The van der Waals surface area contributed by atoms with Crippen molar-refractivity contribution in [2.75, 3.05) is 0 Å². The monoisotopic (exact) mass is 729 g/mol. The summed E-state index contributed by atoms with van der Waals surface area (Å²) < 4.78 is 0. The van der Waals surface area contributed by atoms with Crippen molar-refractivity contribution in [2.24, 2.45) is 0 Å². The molecule has 5 aromatic carbocycles. The molecule has 1 atom stereocenters. The predicted octanol–water partition coefficient (Wildman–Crippen LogP) is 11.1. The lowest BCUT2D eigenvalue weighted by Gasteiger charge is -2.21. The molecule has 0 aliphatic heterocycles. The molecule has 3 heteroatoms. The van der Waals surface area contributed by atoms with Crippen LogP contribution < -0.4 is 20.9 Å². The van der Waals surface area contributed by atoms with Gasteiger partial charge in [-0.1, -0.05) is 173 Å². The van der Waals surface area contributed by atoms with Gasteiger partial charge in [0.25, 0.3) is 0 Å². The van der Waals surface area contributed by atoms with Gasteiger partial charge in [0.2, 0.25) is 0 Å². The SMILES string of the molecule is C=C/C=C(\C=C/C)c1nc(-c2ccccc2)nc(-c2cccc(C(=C/C)/C(C)=c3\c(=C)c(=C/C=C)/c(=C\C)c4ccc(-c5ccccc5)c(C(C)CC)c34)c2)n1.